The lowest BCUT2D eigenvalue weighted by Gasteiger charge is -2.26. The van der Waals surface area contributed by atoms with Crippen molar-refractivity contribution < 1.29 is 13.2 Å². The molecular formula is C14H22N2O3S. The van der Waals surface area contributed by atoms with E-state index in [1.54, 1.807) is 11.8 Å². The highest BCUT2D eigenvalue weighted by Gasteiger charge is 2.22. The third kappa shape index (κ3) is 3.37. The zero-order valence-electron chi connectivity index (χ0n) is 12.6. The molecule has 0 aliphatic heterocycles. The summed E-state index contributed by atoms with van der Waals surface area (Å²) in [5, 5.41) is 5.16. The van der Waals surface area contributed by atoms with Gasteiger partial charge in [0.2, 0.25) is 10.0 Å². The molecule has 20 heavy (non-hydrogen) atoms. The molecule has 6 heteroatoms. The van der Waals surface area contributed by atoms with Crippen LogP contribution in [0.2, 0.25) is 0 Å². The van der Waals surface area contributed by atoms with Gasteiger partial charge in [-0.15, -0.1) is 0 Å². The van der Waals surface area contributed by atoms with Gasteiger partial charge in [0.15, 0.2) is 0 Å². The number of nitrogens with zero attached hydrogens (tertiary/aromatic N) is 1. The minimum absolute atomic E-state index is 0.0243. The molecule has 0 unspecified atom stereocenters. The Bertz CT molecular complexity index is 622. The van der Waals surface area contributed by atoms with Crippen LogP contribution < -0.4 is 5.14 Å². The summed E-state index contributed by atoms with van der Waals surface area (Å²) in [6.07, 6.45) is 0. The van der Waals surface area contributed by atoms with Gasteiger partial charge in [0, 0.05) is 18.2 Å². The van der Waals surface area contributed by atoms with Gasteiger partial charge in [0.1, 0.15) is 0 Å². The second kappa shape index (κ2) is 5.93. The van der Waals surface area contributed by atoms with Crippen molar-refractivity contribution in [2.24, 2.45) is 5.14 Å². The lowest BCUT2D eigenvalue weighted by atomic mass is 10.0. The molecule has 0 heterocycles. The Balaban J connectivity index is 3.45. The number of aryl methyl sites for hydroxylation is 1. The van der Waals surface area contributed by atoms with Crippen molar-refractivity contribution in [1.82, 2.24) is 4.90 Å². The minimum atomic E-state index is -3.82. The number of hydrogen-bond acceptors (Lipinski definition) is 3. The molecule has 0 radical (unpaired) electrons. The predicted octanol–water partition coefficient (Wildman–Crippen LogP) is 1.82. The van der Waals surface area contributed by atoms with Gasteiger partial charge in [-0.3, -0.25) is 4.79 Å². The van der Waals surface area contributed by atoms with Gasteiger partial charge in [-0.2, -0.15) is 0 Å². The minimum Gasteiger partial charge on any atom is -0.336 e. The second-order valence-corrected chi connectivity index (χ2v) is 6.70. The van der Waals surface area contributed by atoms with Crippen LogP contribution in [0.25, 0.3) is 0 Å². The SMILES string of the molecule is CCN(C(=O)c1cc(S(N)(=O)=O)cc(C)c1C)C(C)C. The van der Waals surface area contributed by atoms with Crippen LogP contribution in [0, 0.1) is 13.8 Å². The Morgan fingerprint density at radius 1 is 1.30 bits per heavy atom. The molecule has 0 bridgehead atoms. The number of amides is 1. The summed E-state index contributed by atoms with van der Waals surface area (Å²) < 4.78 is 23.0. The number of hydrogen-bond donors (Lipinski definition) is 1. The average Bonchev–Trinajstić information content (AvgIpc) is 2.31. The Hall–Kier alpha value is -1.40. The normalized spacial score (nSPS) is 11.8. The van der Waals surface area contributed by atoms with Crippen LogP contribution in [-0.4, -0.2) is 31.8 Å². The summed E-state index contributed by atoms with van der Waals surface area (Å²) >= 11 is 0. The maximum atomic E-state index is 12.6. The zero-order valence-corrected chi connectivity index (χ0v) is 13.4. The Morgan fingerprint density at radius 3 is 2.25 bits per heavy atom. The van der Waals surface area contributed by atoms with E-state index in [1.165, 1.54) is 12.1 Å². The molecule has 112 valence electrons. The van der Waals surface area contributed by atoms with Gasteiger partial charge in [-0.05, 0) is 57.9 Å². The molecule has 1 aromatic carbocycles. The second-order valence-electron chi connectivity index (χ2n) is 5.14. The topological polar surface area (TPSA) is 80.5 Å². The predicted molar refractivity (Wildman–Crippen MR) is 79.1 cm³/mol. The summed E-state index contributed by atoms with van der Waals surface area (Å²) in [7, 11) is -3.82. The zero-order chi connectivity index (χ0) is 15.7. The summed E-state index contributed by atoms with van der Waals surface area (Å²) in [4.78, 5) is 14.2. The number of nitrogens with two attached hydrogens (primary N) is 1. The number of carbonyl (C=O) groups is 1. The van der Waals surface area contributed by atoms with Crippen LogP contribution in [0.1, 0.15) is 42.3 Å². The van der Waals surface area contributed by atoms with Crippen molar-refractivity contribution in [3.8, 4) is 0 Å². The van der Waals surface area contributed by atoms with Crippen LogP contribution in [-0.2, 0) is 10.0 Å². The molecule has 1 amide bonds. The molecule has 1 aromatic rings. The molecule has 0 aliphatic rings. The highest BCUT2D eigenvalue weighted by molar-refractivity contribution is 7.89. The first-order chi connectivity index (χ1) is 9.09. The lowest BCUT2D eigenvalue weighted by molar-refractivity contribution is 0.0716. The first-order valence-corrected chi connectivity index (χ1v) is 8.09. The average molecular weight is 298 g/mol. The molecule has 0 spiro atoms. The van der Waals surface area contributed by atoms with Crippen molar-refractivity contribution in [2.75, 3.05) is 6.54 Å². The Labute approximate surface area is 120 Å². The number of sulfonamides is 1. The number of benzene rings is 1. The lowest BCUT2D eigenvalue weighted by Crippen LogP contribution is -2.37. The monoisotopic (exact) mass is 298 g/mol. The molecule has 0 aromatic heterocycles. The quantitative estimate of drug-likeness (QED) is 0.920. The summed E-state index contributed by atoms with van der Waals surface area (Å²) in [6.45, 7) is 9.88. The summed E-state index contributed by atoms with van der Waals surface area (Å²) in [6, 6.07) is 2.91. The van der Waals surface area contributed by atoms with E-state index in [1.807, 2.05) is 27.7 Å². The van der Waals surface area contributed by atoms with Crippen molar-refractivity contribution in [1.29, 1.82) is 0 Å². The third-order valence-electron chi connectivity index (χ3n) is 3.42. The van der Waals surface area contributed by atoms with E-state index in [-0.39, 0.29) is 16.8 Å². The molecule has 0 saturated heterocycles. The van der Waals surface area contributed by atoms with E-state index in [2.05, 4.69) is 0 Å². The Morgan fingerprint density at radius 2 is 1.85 bits per heavy atom. The Kier molecular flexibility index (Phi) is 4.94. The van der Waals surface area contributed by atoms with Gasteiger partial charge in [-0.1, -0.05) is 0 Å². The molecule has 5 nitrogen and oxygen atoms in total. The largest absolute Gasteiger partial charge is 0.336 e. The summed E-state index contributed by atoms with van der Waals surface area (Å²) in [5.74, 6) is -0.173. The van der Waals surface area contributed by atoms with E-state index in [9.17, 15) is 13.2 Å². The maximum absolute atomic E-state index is 12.6. The van der Waals surface area contributed by atoms with E-state index in [0.29, 0.717) is 12.1 Å². The standard InChI is InChI=1S/C14H22N2O3S/c1-6-16(9(2)3)14(17)13-8-12(20(15,18)19)7-10(4)11(13)5/h7-9H,6H2,1-5H3,(H2,15,18,19). The smallest absolute Gasteiger partial charge is 0.254 e. The molecule has 0 fully saturated rings. The van der Waals surface area contributed by atoms with Gasteiger partial charge >= 0.3 is 0 Å². The van der Waals surface area contributed by atoms with Crippen LogP contribution in [0.5, 0.6) is 0 Å². The van der Waals surface area contributed by atoms with Crippen molar-refractivity contribution in [3.05, 3.63) is 28.8 Å². The third-order valence-corrected chi connectivity index (χ3v) is 4.32. The van der Waals surface area contributed by atoms with E-state index >= 15 is 0 Å². The van der Waals surface area contributed by atoms with Crippen molar-refractivity contribution >= 4 is 15.9 Å². The molecular weight excluding hydrogens is 276 g/mol. The molecule has 0 saturated carbocycles. The van der Waals surface area contributed by atoms with Gasteiger partial charge in [0.05, 0.1) is 4.90 Å². The van der Waals surface area contributed by atoms with E-state index in [4.69, 9.17) is 5.14 Å². The maximum Gasteiger partial charge on any atom is 0.254 e. The number of carbonyl (C=O) groups excluding carboxylic acids is 1. The van der Waals surface area contributed by atoms with Crippen molar-refractivity contribution in [3.63, 3.8) is 0 Å². The number of primary sulfonamides is 1. The van der Waals surface area contributed by atoms with Crippen LogP contribution in [0.4, 0.5) is 0 Å². The molecule has 0 aliphatic carbocycles. The van der Waals surface area contributed by atoms with Crippen LogP contribution in [0.3, 0.4) is 0 Å². The summed E-state index contributed by atoms with van der Waals surface area (Å²) in [5.41, 5.74) is 1.91. The molecule has 0 atom stereocenters. The van der Waals surface area contributed by atoms with Gasteiger partial charge < -0.3 is 4.90 Å². The fraction of sp³-hybridized carbons (Fsp3) is 0.500. The first-order valence-electron chi connectivity index (χ1n) is 6.54. The highest BCUT2D eigenvalue weighted by Crippen LogP contribution is 2.21. The van der Waals surface area contributed by atoms with Gasteiger partial charge in [0.25, 0.3) is 5.91 Å². The first kappa shape index (κ1) is 16.7. The number of rotatable bonds is 4. The van der Waals surface area contributed by atoms with Crippen LogP contribution in [0.15, 0.2) is 17.0 Å². The molecule has 1 rings (SSSR count). The van der Waals surface area contributed by atoms with E-state index < -0.39 is 10.0 Å². The van der Waals surface area contributed by atoms with E-state index in [0.717, 1.165) is 11.1 Å². The van der Waals surface area contributed by atoms with Crippen LogP contribution >= 0.6 is 0 Å². The van der Waals surface area contributed by atoms with Gasteiger partial charge in [-0.25, -0.2) is 13.6 Å². The fourth-order valence-electron chi connectivity index (χ4n) is 2.11. The molecule has 2 N–H and O–H groups in total. The highest BCUT2D eigenvalue weighted by atomic mass is 32.2. The fourth-order valence-corrected chi connectivity index (χ4v) is 2.73. The van der Waals surface area contributed by atoms with Crippen molar-refractivity contribution in [2.45, 2.75) is 45.6 Å².